The molecule has 0 unspecified atom stereocenters. The van der Waals surface area contributed by atoms with Crippen molar-refractivity contribution in [3.8, 4) is 0 Å². The molecule has 0 heterocycles. The third-order valence-corrected chi connectivity index (χ3v) is 0. The summed E-state index contributed by atoms with van der Waals surface area (Å²) in [5, 5.41) is 0. The van der Waals surface area contributed by atoms with E-state index in [2.05, 4.69) is 6.92 Å². The molecule has 0 aliphatic rings. The average Bonchev–Trinajstić information content (AvgIpc) is 1.00. The Morgan fingerprint density at radius 3 is 1.20 bits per heavy atom. The van der Waals surface area contributed by atoms with Gasteiger partial charge in [-0.2, -0.15) is 6.92 Å². The Morgan fingerprint density at radius 2 is 1.20 bits per heavy atom. The normalized spacial score (nSPS) is 1.20. The van der Waals surface area contributed by atoms with Gasteiger partial charge in [-0.25, -0.2) is 0 Å². The van der Waals surface area contributed by atoms with Gasteiger partial charge in [0.2, 0.25) is 0 Å². The SMILES string of the molecule is [CH2-]C.[CH3-].[Mn+2].[Zn]. The third-order valence-electron chi connectivity index (χ3n) is 0. The van der Waals surface area contributed by atoms with Gasteiger partial charge < -0.3 is 14.4 Å². The summed E-state index contributed by atoms with van der Waals surface area (Å²) in [4.78, 5) is 0. The van der Waals surface area contributed by atoms with Crippen molar-refractivity contribution in [1.29, 1.82) is 0 Å². The third kappa shape index (κ3) is 38.9. The maximum Gasteiger partial charge on any atom is 2.00 e. The Morgan fingerprint density at radius 1 is 1.20 bits per heavy atom. The van der Waals surface area contributed by atoms with E-state index in [-0.39, 0.29) is 44.0 Å². The molecule has 0 aliphatic heterocycles. The maximum absolute atomic E-state index is 3.25. The quantitative estimate of drug-likeness (QED) is 0.374. The van der Waals surface area contributed by atoms with Gasteiger partial charge in [-0.1, -0.05) is 0 Å². The van der Waals surface area contributed by atoms with Crippen molar-refractivity contribution in [2.24, 2.45) is 0 Å². The molecule has 0 spiro atoms. The molecule has 0 aromatic rings. The zero-order chi connectivity index (χ0) is 2.00. The first-order valence-electron chi connectivity index (χ1n) is 0.707. The van der Waals surface area contributed by atoms with Gasteiger partial charge in [-0.05, 0) is 0 Å². The topological polar surface area (TPSA) is 0 Å². The average molecular weight is 164 g/mol. The Kier molecular flexibility index (Phi) is 478. The molecule has 0 bridgehead atoms. The van der Waals surface area contributed by atoms with Crippen LogP contribution in [-0.2, 0) is 36.5 Å². The van der Waals surface area contributed by atoms with Crippen molar-refractivity contribution in [3.63, 3.8) is 0 Å². The minimum absolute atomic E-state index is 0. The number of rotatable bonds is 0. The van der Waals surface area contributed by atoms with Gasteiger partial charge in [-0.15, -0.1) is 0 Å². The van der Waals surface area contributed by atoms with Crippen molar-refractivity contribution in [1.82, 2.24) is 0 Å². The van der Waals surface area contributed by atoms with Gasteiger partial charge in [0.15, 0.2) is 0 Å². The van der Waals surface area contributed by atoms with Crippen molar-refractivity contribution >= 4 is 0 Å². The van der Waals surface area contributed by atoms with Gasteiger partial charge >= 0.3 is 17.1 Å². The molecular formula is C3H8MnZn. The molecule has 0 N–H and O–H groups in total. The van der Waals surface area contributed by atoms with Crippen LogP contribution in [0.4, 0.5) is 0 Å². The summed E-state index contributed by atoms with van der Waals surface area (Å²) < 4.78 is 0. The molecule has 5 heavy (non-hydrogen) atoms. The second-order valence-corrected chi connectivity index (χ2v) is 0. The van der Waals surface area contributed by atoms with E-state index in [1.54, 1.807) is 6.92 Å². The molecule has 0 fully saturated rings. The molecule has 29 valence electrons. The molecule has 0 aromatic heterocycles. The molecule has 1 radical (unpaired) electrons. The van der Waals surface area contributed by atoms with Crippen LogP contribution >= 0.6 is 0 Å². The Labute approximate surface area is 58.0 Å². The minimum Gasteiger partial charge on any atom is -0.358 e. The van der Waals surface area contributed by atoms with Gasteiger partial charge in [0.05, 0.1) is 0 Å². The van der Waals surface area contributed by atoms with Crippen LogP contribution in [0, 0.1) is 14.4 Å². The van der Waals surface area contributed by atoms with Crippen molar-refractivity contribution in [3.05, 3.63) is 14.4 Å². The molecule has 0 aromatic carbocycles. The monoisotopic (exact) mass is 163 g/mol. The molecule has 2 heteroatoms. The molecule has 0 atom stereocenters. The first-order chi connectivity index (χ1) is 1.00. The minimum atomic E-state index is 0. The summed E-state index contributed by atoms with van der Waals surface area (Å²) in [6, 6.07) is 0. The summed E-state index contributed by atoms with van der Waals surface area (Å²) in [6.45, 7) is 5.00. The van der Waals surface area contributed by atoms with Crippen LogP contribution in [0.25, 0.3) is 0 Å². The van der Waals surface area contributed by atoms with E-state index in [1.807, 2.05) is 0 Å². The smallest absolute Gasteiger partial charge is 0.358 e. The summed E-state index contributed by atoms with van der Waals surface area (Å²) in [6.07, 6.45) is 0. The predicted molar refractivity (Wildman–Crippen MR) is 17.4 cm³/mol. The molecule has 0 aliphatic carbocycles. The fourth-order valence-corrected chi connectivity index (χ4v) is 0. The number of hydrogen-bond acceptors (Lipinski definition) is 0. The van der Waals surface area contributed by atoms with E-state index < -0.39 is 0 Å². The van der Waals surface area contributed by atoms with E-state index in [0.717, 1.165) is 0 Å². The maximum atomic E-state index is 3.25. The van der Waals surface area contributed by atoms with Gasteiger partial charge in [-0.3, -0.25) is 0 Å². The largest absolute Gasteiger partial charge is 2.00 e. The van der Waals surface area contributed by atoms with Gasteiger partial charge in [0.25, 0.3) is 0 Å². The molecule has 0 nitrogen and oxygen atoms in total. The Balaban J connectivity index is -0.00000000167. The Hall–Kier alpha value is 1.14. The van der Waals surface area contributed by atoms with E-state index in [9.17, 15) is 0 Å². The van der Waals surface area contributed by atoms with E-state index in [0.29, 0.717) is 0 Å². The molecule has 0 saturated heterocycles. The standard InChI is InChI=1S/C2H5.CH3.Mn.Zn/c1-2;;;/h1H2,2H3;1H3;;/q2*-1;+2;. The summed E-state index contributed by atoms with van der Waals surface area (Å²) in [5.74, 6) is 0. The molecule has 0 saturated carbocycles. The fraction of sp³-hybridized carbons (Fsp3) is 0.333. The van der Waals surface area contributed by atoms with Crippen LogP contribution in [-0.4, -0.2) is 0 Å². The zero-order valence-electron chi connectivity index (χ0n) is 3.79. The van der Waals surface area contributed by atoms with Crippen LogP contribution in [0.15, 0.2) is 0 Å². The predicted octanol–water partition coefficient (Wildman–Crippen LogP) is 1.29. The van der Waals surface area contributed by atoms with Crippen LogP contribution in [0.3, 0.4) is 0 Å². The van der Waals surface area contributed by atoms with Crippen LogP contribution in [0.2, 0.25) is 0 Å². The van der Waals surface area contributed by atoms with E-state index >= 15 is 0 Å². The van der Waals surface area contributed by atoms with E-state index in [4.69, 9.17) is 0 Å². The summed E-state index contributed by atoms with van der Waals surface area (Å²) in [7, 11) is 0. The van der Waals surface area contributed by atoms with Crippen molar-refractivity contribution < 1.29 is 36.5 Å². The van der Waals surface area contributed by atoms with Crippen LogP contribution in [0.5, 0.6) is 0 Å². The number of hydrogen-bond donors (Lipinski definition) is 0. The van der Waals surface area contributed by atoms with Crippen molar-refractivity contribution in [2.45, 2.75) is 6.92 Å². The van der Waals surface area contributed by atoms with Gasteiger partial charge in [0.1, 0.15) is 0 Å². The van der Waals surface area contributed by atoms with E-state index in [1.165, 1.54) is 0 Å². The first kappa shape index (κ1) is 35.4. The first-order valence-corrected chi connectivity index (χ1v) is 0.707. The molecule has 0 amide bonds. The van der Waals surface area contributed by atoms with Gasteiger partial charge in [0, 0.05) is 19.5 Å². The molecular weight excluding hydrogens is 156 g/mol. The summed E-state index contributed by atoms with van der Waals surface area (Å²) >= 11 is 0. The van der Waals surface area contributed by atoms with Crippen molar-refractivity contribution in [2.75, 3.05) is 0 Å². The summed E-state index contributed by atoms with van der Waals surface area (Å²) in [5.41, 5.74) is 0. The van der Waals surface area contributed by atoms with Crippen LogP contribution < -0.4 is 0 Å². The van der Waals surface area contributed by atoms with Crippen LogP contribution in [0.1, 0.15) is 6.92 Å². The fourth-order valence-electron chi connectivity index (χ4n) is 0. The zero-order valence-corrected chi connectivity index (χ0v) is 7.94. The Bertz CT molecular complexity index is 6.85. The second-order valence-electron chi connectivity index (χ2n) is 0. The molecule has 0 rings (SSSR count). The second kappa shape index (κ2) is 67.6.